The van der Waals surface area contributed by atoms with E-state index in [2.05, 4.69) is 43.4 Å². The van der Waals surface area contributed by atoms with Gasteiger partial charge in [-0.25, -0.2) is 4.98 Å². The van der Waals surface area contributed by atoms with Crippen molar-refractivity contribution in [1.29, 1.82) is 0 Å². The highest BCUT2D eigenvalue weighted by atomic mass is 79.9. The van der Waals surface area contributed by atoms with Crippen LogP contribution in [0.1, 0.15) is 6.92 Å². The van der Waals surface area contributed by atoms with Crippen LogP contribution in [0.25, 0.3) is 0 Å². The molecular formula is C12H19BrCl2N4O. The minimum atomic E-state index is -0.0149. The molecule has 0 radical (unpaired) electrons. The Balaban J connectivity index is 0.00000180. The molecule has 0 aromatic carbocycles. The van der Waals surface area contributed by atoms with Crippen molar-refractivity contribution in [3.63, 3.8) is 0 Å². The molecule has 2 heterocycles. The topological polar surface area (TPSA) is 57.3 Å². The Hall–Kier alpha value is -0.400. The second kappa shape index (κ2) is 9.52. The summed E-state index contributed by atoms with van der Waals surface area (Å²) in [7, 11) is 0. The van der Waals surface area contributed by atoms with Gasteiger partial charge in [0.2, 0.25) is 5.91 Å². The lowest BCUT2D eigenvalue weighted by Crippen LogP contribution is -2.51. The number of pyridine rings is 1. The molecule has 1 aromatic heterocycles. The molecule has 2 N–H and O–H groups in total. The van der Waals surface area contributed by atoms with Crippen LogP contribution in [0.15, 0.2) is 22.8 Å². The first-order valence-electron chi connectivity index (χ1n) is 6.00. The summed E-state index contributed by atoms with van der Waals surface area (Å²) in [5.41, 5.74) is 0. The first-order chi connectivity index (χ1) is 8.63. The van der Waals surface area contributed by atoms with Gasteiger partial charge in [0.1, 0.15) is 5.82 Å². The third-order valence-electron chi connectivity index (χ3n) is 2.81. The fourth-order valence-corrected chi connectivity index (χ4v) is 2.23. The fourth-order valence-electron chi connectivity index (χ4n) is 1.99. The number of piperazine rings is 1. The number of nitrogens with zero attached hydrogens (tertiary/aromatic N) is 2. The van der Waals surface area contributed by atoms with Crippen molar-refractivity contribution >= 4 is 52.5 Å². The van der Waals surface area contributed by atoms with E-state index >= 15 is 0 Å². The Morgan fingerprint density at radius 3 is 2.90 bits per heavy atom. The average Bonchev–Trinajstić information content (AvgIpc) is 2.32. The van der Waals surface area contributed by atoms with Crippen LogP contribution in [0.5, 0.6) is 0 Å². The van der Waals surface area contributed by atoms with Gasteiger partial charge in [0.25, 0.3) is 0 Å². The molecule has 1 amide bonds. The molecule has 1 aliphatic heterocycles. The molecule has 0 spiro atoms. The van der Waals surface area contributed by atoms with Crippen LogP contribution < -0.4 is 10.6 Å². The quantitative estimate of drug-likeness (QED) is 0.834. The van der Waals surface area contributed by atoms with Gasteiger partial charge in [-0.15, -0.1) is 24.8 Å². The number of amides is 1. The predicted molar refractivity (Wildman–Crippen MR) is 89.0 cm³/mol. The summed E-state index contributed by atoms with van der Waals surface area (Å²) < 4.78 is 0.899. The number of carbonyl (C=O) groups is 1. The molecule has 1 fully saturated rings. The normalized spacial score (nSPS) is 18.6. The molecule has 5 nitrogen and oxygen atoms in total. The molecule has 20 heavy (non-hydrogen) atoms. The highest BCUT2D eigenvalue weighted by molar-refractivity contribution is 9.10. The Kier molecular flexibility index (Phi) is 9.33. The number of halogens is 3. The highest BCUT2D eigenvalue weighted by Crippen LogP contribution is 2.10. The van der Waals surface area contributed by atoms with Crippen molar-refractivity contribution in [1.82, 2.24) is 15.2 Å². The van der Waals surface area contributed by atoms with Crippen LogP contribution >= 0.6 is 40.7 Å². The van der Waals surface area contributed by atoms with Crippen molar-refractivity contribution in [2.45, 2.75) is 13.0 Å². The van der Waals surface area contributed by atoms with Crippen LogP contribution in [0.4, 0.5) is 5.82 Å². The lowest BCUT2D eigenvalue weighted by molar-refractivity contribution is -0.117. The maximum absolute atomic E-state index is 11.8. The van der Waals surface area contributed by atoms with Crippen LogP contribution in [-0.4, -0.2) is 48.0 Å². The van der Waals surface area contributed by atoms with Gasteiger partial charge in [0.15, 0.2) is 0 Å². The van der Waals surface area contributed by atoms with Crippen molar-refractivity contribution in [3.8, 4) is 0 Å². The Morgan fingerprint density at radius 2 is 2.30 bits per heavy atom. The number of rotatable bonds is 3. The molecule has 2 rings (SSSR count). The number of hydrogen-bond acceptors (Lipinski definition) is 4. The molecular weight excluding hydrogens is 367 g/mol. The standard InChI is InChI=1S/C12H17BrN4O.2ClH/c1-9-7-17(5-4-14-9)8-12(18)16-11-3-2-10(13)6-15-11;;/h2-3,6,9,14H,4-5,7-8H2,1H3,(H,15,16,18);2*1H. The van der Waals surface area contributed by atoms with E-state index in [1.54, 1.807) is 12.3 Å². The minimum Gasteiger partial charge on any atom is -0.312 e. The van der Waals surface area contributed by atoms with E-state index in [0.29, 0.717) is 18.4 Å². The first-order valence-corrected chi connectivity index (χ1v) is 6.80. The molecule has 1 saturated heterocycles. The number of anilines is 1. The predicted octanol–water partition coefficient (Wildman–Crippen LogP) is 1.92. The first kappa shape index (κ1) is 19.6. The van der Waals surface area contributed by atoms with Crippen molar-refractivity contribution in [3.05, 3.63) is 22.8 Å². The molecule has 1 unspecified atom stereocenters. The van der Waals surface area contributed by atoms with Crippen molar-refractivity contribution in [2.24, 2.45) is 0 Å². The van der Waals surface area contributed by atoms with Gasteiger partial charge in [-0.2, -0.15) is 0 Å². The third kappa shape index (κ3) is 6.37. The van der Waals surface area contributed by atoms with Crippen LogP contribution in [0.2, 0.25) is 0 Å². The van der Waals surface area contributed by atoms with E-state index in [1.165, 1.54) is 0 Å². The average molecular weight is 386 g/mol. The van der Waals surface area contributed by atoms with Gasteiger partial charge in [0, 0.05) is 36.3 Å². The van der Waals surface area contributed by atoms with Crippen LogP contribution in [0, 0.1) is 0 Å². The molecule has 1 atom stereocenters. The smallest absolute Gasteiger partial charge is 0.239 e. The lowest BCUT2D eigenvalue weighted by Gasteiger charge is -2.31. The highest BCUT2D eigenvalue weighted by Gasteiger charge is 2.17. The molecule has 8 heteroatoms. The monoisotopic (exact) mass is 384 g/mol. The van der Waals surface area contributed by atoms with Gasteiger partial charge in [-0.05, 0) is 35.0 Å². The number of carbonyl (C=O) groups excluding carboxylic acids is 1. The molecule has 1 aromatic rings. The summed E-state index contributed by atoms with van der Waals surface area (Å²) >= 11 is 3.31. The largest absolute Gasteiger partial charge is 0.312 e. The zero-order valence-electron chi connectivity index (χ0n) is 11.1. The van der Waals surface area contributed by atoms with E-state index in [-0.39, 0.29) is 30.7 Å². The van der Waals surface area contributed by atoms with Gasteiger partial charge in [-0.1, -0.05) is 0 Å². The number of nitrogens with one attached hydrogen (secondary N) is 2. The van der Waals surface area contributed by atoms with Gasteiger partial charge >= 0.3 is 0 Å². The Morgan fingerprint density at radius 1 is 1.55 bits per heavy atom. The second-order valence-corrected chi connectivity index (χ2v) is 5.42. The zero-order valence-corrected chi connectivity index (χ0v) is 14.4. The van der Waals surface area contributed by atoms with Crippen LogP contribution in [-0.2, 0) is 4.79 Å². The van der Waals surface area contributed by atoms with Crippen molar-refractivity contribution in [2.75, 3.05) is 31.5 Å². The third-order valence-corrected chi connectivity index (χ3v) is 3.28. The molecule has 1 aliphatic rings. The van der Waals surface area contributed by atoms with Gasteiger partial charge in [-0.3, -0.25) is 9.69 Å². The van der Waals surface area contributed by atoms with E-state index in [0.717, 1.165) is 24.1 Å². The number of hydrogen-bond donors (Lipinski definition) is 2. The minimum absolute atomic E-state index is 0. The summed E-state index contributed by atoms with van der Waals surface area (Å²) in [6, 6.07) is 4.08. The lowest BCUT2D eigenvalue weighted by atomic mass is 10.2. The zero-order chi connectivity index (χ0) is 13.0. The molecule has 114 valence electrons. The van der Waals surface area contributed by atoms with Gasteiger partial charge < -0.3 is 10.6 Å². The summed E-state index contributed by atoms with van der Waals surface area (Å²) in [6.07, 6.45) is 1.67. The summed E-state index contributed by atoms with van der Waals surface area (Å²) in [6.45, 7) is 5.29. The Labute approximate surface area is 139 Å². The summed E-state index contributed by atoms with van der Waals surface area (Å²) in [5.74, 6) is 0.574. The fraction of sp³-hybridized carbons (Fsp3) is 0.500. The van der Waals surface area contributed by atoms with E-state index in [1.807, 2.05) is 6.07 Å². The number of aromatic nitrogens is 1. The summed E-state index contributed by atoms with van der Waals surface area (Å²) in [5, 5.41) is 6.15. The summed E-state index contributed by atoms with van der Waals surface area (Å²) in [4.78, 5) is 18.1. The SMILES string of the molecule is CC1CN(CC(=O)Nc2ccc(Br)cn2)CCN1.Cl.Cl. The maximum atomic E-state index is 11.8. The van der Waals surface area contributed by atoms with E-state index in [4.69, 9.17) is 0 Å². The van der Waals surface area contributed by atoms with Crippen LogP contribution in [0.3, 0.4) is 0 Å². The van der Waals surface area contributed by atoms with E-state index in [9.17, 15) is 4.79 Å². The second-order valence-electron chi connectivity index (χ2n) is 4.50. The maximum Gasteiger partial charge on any atom is 0.239 e. The molecule has 0 bridgehead atoms. The molecule has 0 saturated carbocycles. The molecule has 0 aliphatic carbocycles. The Bertz CT molecular complexity index is 418. The van der Waals surface area contributed by atoms with E-state index < -0.39 is 0 Å². The van der Waals surface area contributed by atoms with Gasteiger partial charge in [0.05, 0.1) is 6.54 Å². The van der Waals surface area contributed by atoms with Crippen molar-refractivity contribution < 1.29 is 4.79 Å².